The number of aryl methyl sites for hydroxylation is 1. The maximum atomic E-state index is 14.0. The second-order valence-electron chi connectivity index (χ2n) is 9.36. The number of benzene rings is 3. The van der Waals surface area contributed by atoms with Crippen LogP contribution in [0.4, 0.5) is 5.69 Å². The van der Waals surface area contributed by atoms with E-state index in [1.54, 1.807) is 25.1 Å². The van der Waals surface area contributed by atoms with E-state index in [1.165, 1.54) is 35.2 Å². The third kappa shape index (κ3) is 7.53. The summed E-state index contributed by atoms with van der Waals surface area (Å²) in [5.74, 6) is -0.885. The topological polar surface area (TPSA) is 86.8 Å². The molecule has 0 aliphatic heterocycles. The lowest BCUT2D eigenvalue weighted by molar-refractivity contribution is -0.139. The highest BCUT2D eigenvalue weighted by molar-refractivity contribution is 7.92. The molecular formula is C29H33Cl2N3O4S. The molecular weight excluding hydrogens is 557 g/mol. The van der Waals surface area contributed by atoms with Gasteiger partial charge >= 0.3 is 0 Å². The molecule has 0 aliphatic rings. The van der Waals surface area contributed by atoms with E-state index in [-0.39, 0.29) is 34.1 Å². The monoisotopic (exact) mass is 589 g/mol. The van der Waals surface area contributed by atoms with Crippen molar-refractivity contribution in [2.75, 3.05) is 10.8 Å². The van der Waals surface area contributed by atoms with E-state index < -0.39 is 28.5 Å². The molecule has 0 fully saturated rings. The molecule has 0 radical (unpaired) electrons. The molecule has 39 heavy (non-hydrogen) atoms. The van der Waals surface area contributed by atoms with E-state index in [9.17, 15) is 18.0 Å². The number of amides is 2. The molecule has 1 N–H and O–H groups in total. The Morgan fingerprint density at radius 1 is 0.949 bits per heavy atom. The first-order valence-corrected chi connectivity index (χ1v) is 14.8. The van der Waals surface area contributed by atoms with E-state index >= 15 is 0 Å². The molecule has 0 spiro atoms. The summed E-state index contributed by atoms with van der Waals surface area (Å²) < 4.78 is 28.6. The Bertz CT molecular complexity index is 1420. The summed E-state index contributed by atoms with van der Waals surface area (Å²) in [6.07, 6.45) is 0.725. The van der Waals surface area contributed by atoms with Crippen LogP contribution in [0.15, 0.2) is 77.7 Å². The molecule has 7 nitrogen and oxygen atoms in total. The molecule has 0 bridgehead atoms. The lowest BCUT2D eigenvalue weighted by Gasteiger charge is -2.33. The van der Waals surface area contributed by atoms with Crippen molar-refractivity contribution in [3.8, 4) is 0 Å². The van der Waals surface area contributed by atoms with Gasteiger partial charge in [0.05, 0.1) is 15.6 Å². The van der Waals surface area contributed by atoms with Crippen LogP contribution in [0.5, 0.6) is 0 Å². The van der Waals surface area contributed by atoms with Gasteiger partial charge in [0.25, 0.3) is 10.0 Å². The van der Waals surface area contributed by atoms with E-state index in [0.29, 0.717) is 5.02 Å². The second-order valence-corrected chi connectivity index (χ2v) is 12.1. The van der Waals surface area contributed by atoms with Gasteiger partial charge in [-0.3, -0.25) is 13.9 Å². The van der Waals surface area contributed by atoms with Gasteiger partial charge in [-0.2, -0.15) is 0 Å². The van der Waals surface area contributed by atoms with Gasteiger partial charge in [-0.1, -0.05) is 72.6 Å². The molecule has 0 saturated carbocycles. The molecule has 0 aliphatic carbocycles. The Morgan fingerprint density at radius 2 is 1.59 bits per heavy atom. The largest absolute Gasteiger partial charge is 0.352 e. The van der Waals surface area contributed by atoms with Crippen LogP contribution >= 0.6 is 23.2 Å². The maximum absolute atomic E-state index is 14.0. The van der Waals surface area contributed by atoms with Crippen molar-refractivity contribution in [2.45, 2.75) is 57.6 Å². The smallest absolute Gasteiger partial charge is 0.264 e. The molecule has 3 rings (SSSR count). The van der Waals surface area contributed by atoms with Gasteiger partial charge in [0, 0.05) is 17.6 Å². The predicted molar refractivity (Wildman–Crippen MR) is 157 cm³/mol. The van der Waals surface area contributed by atoms with E-state index in [1.807, 2.05) is 45.0 Å². The predicted octanol–water partition coefficient (Wildman–Crippen LogP) is 5.83. The molecule has 3 aromatic carbocycles. The van der Waals surface area contributed by atoms with Crippen LogP contribution in [0.3, 0.4) is 0 Å². The van der Waals surface area contributed by atoms with Gasteiger partial charge < -0.3 is 10.2 Å². The standard InChI is InChI=1S/C29H33Cl2N3O4S/c1-5-21(3)32-29(36)22(4)33(18-23-12-10-9-11-20(23)2)28(35)19-34(27-16-15-24(30)17-26(27)31)39(37,38)25-13-7-6-8-14-25/h6-17,21-22H,5,18-19H2,1-4H3,(H,32,36)/t21-,22-/m0/s1. The highest BCUT2D eigenvalue weighted by atomic mass is 35.5. The summed E-state index contributed by atoms with van der Waals surface area (Å²) in [4.78, 5) is 28.5. The van der Waals surface area contributed by atoms with Crippen molar-refractivity contribution in [2.24, 2.45) is 0 Å². The zero-order valence-electron chi connectivity index (χ0n) is 22.4. The third-order valence-corrected chi connectivity index (χ3v) is 8.87. The second kappa shape index (κ2) is 13.3. The van der Waals surface area contributed by atoms with E-state index in [4.69, 9.17) is 23.2 Å². The number of carbonyl (C=O) groups excluding carboxylic acids is 2. The summed E-state index contributed by atoms with van der Waals surface area (Å²) in [7, 11) is -4.21. The summed E-state index contributed by atoms with van der Waals surface area (Å²) in [6, 6.07) is 18.8. The van der Waals surface area contributed by atoms with Crippen molar-refractivity contribution in [3.63, 3.8) is 0 Å². The van der Waals surface area contributed by atoms with Crippen LogP contribution in [0.2, 0.25) is 10.0 Å². The van der Waals surface area contributed by atoms with E-state index in [0.717, 1.165) is 21.9 Å². The Kier molecular flexibility index (Phi) is 10.4. The molecule has 3 aromatic rings. The molecule has 208 valence electrons. The molecule has 0 saturated heterocycles. The number of carbonyl (C=O) groups is 2. The lowest BCUT2D eigenvalue weighted by Crippen LogP contribution is -2.52. The first kappa shape index (κ1) is 30.5. The maximum Gasteiger partial charge on any atom is 0.264 e. The fraction of sp³-hybridized carbons (Fsp3) is 0.310. The van der Waals surface area contributed by atoms with Crippen molar-refractivity contribution in [1.82, 2.24) is 10.2 Å². The molecule has 0 heterocycles. The van der Waals surface area contributed by atoms with Gasteiger partial charge in [0.15, 0.2) is 0 Å². The molecule has 0 unspecified atom stereocenters. The number of hydrogen-bond acceptors (Lipinski definition) is 4. The van der Waals surface area contributed by atoms with Crippen LogP contribution in [0.25, 0.3) is 0 Å². The summed E-state index contributed by atoms with van der Waals surface area (Å²) in [5, 5.41) is 3.32. The number of halogens is 2. The van der Waals surface area contributed by atoms with Crippen LogP contribution in [-0.2, 0) is 26.2 Å². The Hall–Kier alpha value is -3.07. The minimum Gasteiger partial charge on any atom is -0.352 e. The average molecular weight is 591 g/mol. The van der Waals surface area contributed by atoms with Crippen LogP contribution in [0, 0.1) is 6.92 Å². The molecule has 2 atom stereocenters. The Balaban J connectivity index is 2.06. The number of nitrogens with one attached hydrogen (secondary N) is 1. The molecule has 2 amide bonds. The van der Waals surface area contributed by atoms with Gasteiger partial charge in [-0.25, -0.2) is 8.42 Å². The van der Waals surface area contributed by atoms with Crippen LogP contribution < -0.4 is 9.62 Å². The highest BCUT2D eigenvalue weighted by Crippen LogP contribution is 2.33. The van der Waals surface area contributed by atoms with Crippen molar-refractivity contribution >= 4 is 50.7 Å². The quantitative estimate of drug-likeness (QED) is 0.305. The number of anilines is 1. The molecule has 0 aromatic heterocycles. The Labute approximate surface area is 240 Å². The highest BCUT2D eigenvalue weighted by Gasteiger charge is 2.33. The third-order valence-electron chi connectivity index (χ3n) is 6.56. The number of nitrogens with zero attached hydrogens (tertiary/aromatic N) is 2. The van der Waals surface area contributed by atoms with Gasteiger partial charge in [0.1, 0.15) is 12.6 Å². The lowest BCUT2D eigenvalue weighted by atomic mass is 10.1. The summed E-state index contributed by atoms with van der Waals surface area (Å²) in [6.45, 7) is 6.93. The van der Waals surface area contributed by atoms with Crippen molar-refractivity contribution < 1.29 is 18.0 Å². The van der Waals surface area contributed by atoms with Crippen molar-refractivity contribution in [1.29, 1.82) is 0 Å². The van der Waals surface area contributed by atoms with E-state index in [2.05, 4.69) is 5.32 Å². The SMILES string of the molecule is CC[C@H](C)NC(=O)[C@H](C)N(Cc1ccccc1C)C(=O)CN(c1ccc(Cl)cc1Cl)S(=O)(=O)c1ccccc1. The van der Waals surface area contributed by atoms with Gasteiger partial charge in [-0.15, -0.1) is 0 Å². The first-order valence-electron chi connectivity index (χ1n) is 12.6. The summed E-state index contributed by atoms with van der Waals surface area (Å²) >= 11 is 12.5. The van der Waals surface area contributed by atoms with Crippen LogP contribution in [0.1, 0.15) is 38.3 Å². The minimum atomic E-state index is -4.21. The van der Waals surface area contributed by atoms with Crippen LogP contribution in [-0.4, -0.2) is 43.8 Å². The average Bonchev–Trinajstić information content (AvgIpc) is 2.91. The summed E-state index contributed by atoms with van der Waals surface area (Å²) in [5.41, 5.74) is 1.89. The minimum absolute atomic E-state index is 0.00293. The first-order chi connectivity index (χ1) is 18.4. The fourth-order valence-corrected chi connectivity index (χ4v) is 5.95. The fourth-order valence-electron chi connectivity index (χ4n) is 3.94. The normalized spacial score (nSPS) is 12.9. The zero-order valence-corrected chi connectivity index (χ0v) is 24.7. The molecule has 10 heteroatoms. The van der Waals surface area contributed by atoms with Gasteiger partial charge in [0.2, 0.25) is 11.8 Å². The van der Waals surface area contributed by atoms with Gasteiger partial charge in [-0.05, 0) is 68.7 Å². The number of rotatable bonds is 11. The Morgan fingerprint density at radius 3 is 2.21 bits per heavy atom. The van der Waals surface area contributed by atoms with Crippen molar-refractivity contribution in [3.05, 3.63) is 94.0 Å². The number of sulfonamides is 1. The zero-order chi connectivity index (χ0) is 28.7. The number of hydrogen-bond donors (Lipinski definition) is 1.